The number of carbonyl (C=O) groups is 2. The molecule has 3 amide bonds. The summed E-state index contributed by atoms with van der Waals surface area (Å²) in [6.45, 7) is 3.82. The molecule has 0 atom stereocenters. The highest BCUT2D eigenvalue weighted by Crippen LogP contribution is 2.06. The first-order valence-electron chi connectivity index (χ1n) is 7.83. The second kappa shape index (κ2) is 8.28. The van der Waals surface area contributed by atoms with Crippen molar-refractivity contribution in [2.45, 2.75) is 13.5 Å². The van der Waals surface area contributed by atoms with Crippen molar-refractivity contribution < 1.29 is 14.0 Å². The Balaban J connectivity index is 1.95. The van der Waals surface area contributed by atoms with E-state index < -0.39 is 0 Å². The molecule has 8 heteroatoms. The molecule has 0 bridgehead atoms. The van der Waals surface area contributed by atoms with Gasteiger partial charge in [-0.25, -0.2) is 9.18 Å². The number of amides is 3. The van der Waals surface area contributed by atoms with Gasteiger partial charge in [0, 0.05) is 20.1 Å². The van der Waals surface area contributed by atoms with Gasteiger partial charge in [-0.2, -0.15) is 0 Å². The molecule has 24 heavy (non-hydrogen) atoms. The monoisotopic (exact) mass is 335 g/mol. The van der Waals surface area contributed by atoms with E-state index in [-0.39, 0.29) is 30.8 Å². The van der Waals surface area contributed by atoms with Crippen molar-refractivity contribution in [3.63, 3.8) is 0 Å². The molecule has 130 valence electrons. The summed E-state index contributed by atoms with van der Waals surface area (Å²) in [7, 11) is 1.87. The molecule has 2 rings (SSSR count). The molecule has 0 aliphatic carbocycles. The first-order chi connectivity index (χ1) is 11.5. The summed E-state index contributed by atoms with van der Waals surface area (Å²) in [5.41, 5.74) is 0.957. The summed E-state index contributed by atoms with van der Waals surface area (Å²) in [6, 6.07) is 5.92. The number of rotatable bonds is 6. The zero-order chi connectivity index (χ0) is 17.5. The van der Waals surface area contributed by atoms with E-state index in [1.54, 1.807) is 12.1 Å². The molecule has 0 unspecified atom stereocenters. The van der Waals surface area contributed by atoms with Crippen LogP contribution in [0.4, 0.5) is 9.18 Å². The SMILES string of the molecule is CCNC(=NCCN1C(=O)CNC1=O)N(C)Cc1ccc(F)cc1. The van der Waals surface area contributed by atoms with Gasteiger partial charge in [-0.15, -0.1) is 0 Å². The fourth-order valence-corrected chi connectivity index (χ4v) is 2.35. The first-order valence-corrected chi connectivity index (χ1v) is 7.83. The molecular weight excluding hydrogens is 313 g/mol. The van der Waals surface area contributed by atoms with Crippen molar-refractivity contribution in [3.05, 3.63) is 35.6 Å². The Morgan fingerprint density at radius 1 is 1.38 bits per heavy atom. The van der Waals surface area contributed by atoms with Crippen molar-refractivity contribution in [1.82, 2.24) is 20.4 Å². The molecule has 1 aliphatic rings. The minimum absolute atomic E-state index is 0.0487. The van der Waals surface area contributed by atoms with E-state index in [0.29, 0.717) is 25.6 Å². The third-order valence-corrected chi connectivity index (χ3v) is 3.55. The maximum absolute atomic E-state index is 13.0. The van der Waals surface area contributed by atoms with Crippen molar-refractivity contribution in [1.29, 1.82) is 0 Å². The summed E-state index contributed by atoms with van der Waals surface area (Å²) in [4.78, 5) is 30.5. The maximum Gasteiger partial charge on any atom is 0.324 e. The van der Waals surface area contributed by atoms with Gasteiger partial charge in [0.15, 0.2) is 5.96 Å². The normalized spacial score (nSPS) is 14.8. The molecule has 1 fully saturated rings. The second-order valence-corrected chi connectivity index (χ2v) is 5.42. The van der Waals surface area contributed by atoms with Crippen LogP contribution in [0.5, 0.6) is 0 Å². The van der Waals surface area contributed by atoms with E-state index in [4.69, 9.17) is 0 Å². The van der Waals surface area contributed by atoms with E-state index in [0.717, 1.165) is 10.5 Å². The highest BCUT2D eigenvalue weighted by Gasteiger charge is 2.27. The lowest BCUT2D eigenvalue weighted by Gasteiger charge is -2.22. The average molecular weight is 335 g/mol. The van der Waals surface area contributed by atoms with Crippen LogP contribution < -0.4 is 10.6 Å². The van der Waals surface area contributed by atoms with Gasteiger partial charge >= 0.3 is 6.03 Å². The molecule has 1 saturated heterocycles. The number of benzene rings is 1. The molecule has 0 saturated carbocycles. The lowest BCUT2D eigenvalue weighted by Crippen LogP contribution is -2.39. The van der Waals surface area contributed by atoms with Gasteiger partial charge in [-0.05, 0) is 24.6 Å². The Hall–Kier alpha value is -2.64. The van der Waals surface area contributed by atoms with E-state index in [1.165, 1.54) is 12.1 Å². The highest BCUT2D eigenvalue weighted by molar-refractivity contribution is 6.01. The largest absolute Gasteiger partial charge is 0.357 e. The summed E-state index contributed by atoms with van der Waals surface area (Å²) >= 11 is 0. The van der Waals surface area contributed by atoms with E-state index in [1.807, 2.05) is 18.9 Å². The first kappa shape index (κ1) is 17.7. The molecule has 0 aromatic heterocycles. The number of urea groups is 1. The second-order valence-electron chi connectivity index (χ2n) is 5.42. The molecule has 1 aromatic rings. The van der Waals surface area contributed by atoms with Crippen molar-refractivity contribution in [2.75, 3.05) is 33.2 Å². The molecular formula is C16H22FN5O2. The van der Waals surface area contributed by atoms with Crippen LogP contribution >= 0.6 is 0 Å². The third kappa shape index (κ3) is 4.68. The van der Waals surface area contributed by atoms with Gasteiger partial charge in [0.25, 0.3) is 0 Å². The summed E-state index contributed by atoms with van der Waals surface area (Å²) in [5.74, 6) is 0.157. The molecule has 0 radical (unpaired) electrons. The third-order valence-electron chi connectivity index (χ3n) is 3.55. The number of halogens is 1. The molecule has 1 heterocycles. The predicted molar refractivity (Wildman–Crippen MR) is 89.0 cm³/mol. The summed E-state index contributed by atoms with van der Waals surface area (Å²) in [6.07, 6.45) is 0. The van der Waals surface area contributed by atoms with Crippen LogP contribution in [0.2, 0.25) is 0 Å². The van der Waals surface area contributed by atoms with E-state index >= 15 is 0 Å². The van der Waals surface area contributed by atoms with Crippen LogP contribution in [0, 0.1) is 5.82 Å². The van der Waals surface area contributed by atoms with Crippen molar-refractivity contribution in [2.24, 2.45) is 4.99 Å². The van der Waals surface area contributed by atoms with Gasteiger partial charge in [-0.1, -0.05) is 12.1 Å². The summed E-state index contributed by atoms with van der Waals surface area (Å²) in [5, 5.41) is 5.63. The Morgan fingerprint density at radius 3 is 2.67 bits per heavy atom. The number of carbonyl (C=O) groups excluding carboxylic acids is 2. The number of imide groups is 1. The zero-order valence-corrected chi connectivity index (χ0v) is 13.9. The Bertz CT molecular complexity index is 601. The van der Waals surface area contributed by atoms with E-state index in [2.05, 4.69) is 15.6 Å². The molecule has 1 aromatic carbocycles. The lowest BCUT2D eigenvalue weighted by molar-refractivity contribution is -0.124. The van der Waals surface area contributed by atoms with Gasteiger partial charge < -0.3 is 15.5 Å². The van der Waals surface area contributed by atoms with Gasteiger partial charge in [0.05, 0.1) is 19.6 Å². The predicted octanol–water partition coefficient (Wildman–Crippen LogP) is 0.775. The maximum atomic E-state index is 13.0. The Labute approximate surface area is 140 Å². The average Bonchev–Trinajstić information content (AvgIpc) is 2.88. The molecule has 2 N–H and O–H groups in total. The van der Waals surface area contributed by atoms with E-state index in [9.17, 15) is 14.0 Å². The standard InChI is InChI=1S/C16H22FN5O2/c1-3-18-15(19-8-9-22-14(23)10-20-16(22)24)21(2)11-12-4-6-13(17)7-5-12/h4-7H,3,8-11H2,1-2H3,(H,18,19)(H,20,24). The molecule has 7 nitrogen and oxygen atoms in total. The zero-order valence-electron chi connectivity index (χ0n) is 13.9. The van der Waals surface area contributed by atoms with Crippen LogP contribution in [0.1, 0.15) is 12.5 Å². The number of nitrogens with zero attached hydrogens (tertiary/aromatic N) is 3. The fourth-order valence-electron chi connectivity index (χ4n) is 2.35. The Kier molecular flexibility index (Phi) is 6.11. The summed E-state index contributed by atoms with van der Waals surface area (Å²) < 4.78 is 13.0. The van der Waals surface area contributed by atoms with Crippen LogP contribution in [0.3, 0.4) is 0 Å². The Morgan fingerprint density at radius 2 is 2.08 bits per heavy atom. The van der Waals surface area contributed by atoms with Crippen molar-refractivity contribution in [3.8, 4) is 0 Å². The number of hydrogen-bond donors (Lipinski definition) is 2. The smallest absolute Gasteiger partial charge is 0.324 e. The number of aliphatic imine (C=N–C) groups is 1. The fraction of sp³-hybridized carbons (Fsp3) is 0.438. The number of hydrogen-bond acceptors (Lipinski definition) is 3. The van der Waals surface area contributed by atoms with Crippen LogP contribution in [-0.4, -0.2) is 60.9 Å². The van der Waals surface area contributed by atoms with Crippen LogP contribution in [-0.2, 0) is 11.3 Å². The molecule has 0 spiro atoms. The quantitative estimate of drug-likeness (QED) is 0.457. The van der Waals surface area contributed by atoms with Gasteiger partial charge in [0.1, 0.15) is 5.82 Å². The minimum Gasteiger partial charge on any atom is -0.357 e. The van der Waals surface area contributed by atoms with Gasteiger partial charge in [-0.3, -0.25) is 14.7 Å². The lowest BCUT2D eigenvalue weighted by atomic mass is 10.2. The van der Waals surface area contributed by atoms with Gasteiger partial charge in [0.2, 0.25) is 5.91 Å². The van der Waals surface area contributed by atoms with Crippen LogP contribution in [0.15, 0.2) is 29.3 Å². The van der Waals surface area contributed by atoms with Crippen molar-refractivity contribution >= 4 is 17.9 Å². The highest BCUT2D eigenvalue weighted by atomic mass is 19.1. The van der Waals surface area contributed by atoms with Crippen LogP contribution in [0.25, 0.3) is 0 Å². The number of guanidine groups is 1. The molecule has 1 aliphatic heterocycles. The minimum atomic E-state index is -0.375. The topological polar surface area (TPSA) is 77.0 Å². The number of nitrogens with one attached hydrogen (secondary N) is 2.